The lowest BCUT2D eigenvalue weighted by atomic mass is 10.0. The van der Waals surface area contributed by atoms with Crippen molar-refractivity contribution in [1.29, 1.82) is 0 Å². The maximum atomic E-state index is 13.1. The number of fused-ring (bicyclic) bond motifs is 1. The standard InChI is InChI=1S/C28H26N4O2/c33-26-22-8-4-5-9-25(22)29-28(30-26)32-16-14-31(15-17-32)27(34)21-12-10-20(11-13-21)24-18-23(24)19-6-2-1-3-7-19/h1-13,23-24H,14-18H2,(H,29,30,33)/t23-,24+/m1/s1. The fourth-order valence-corrected chi connectivity index (χ4v) is 5.03. The summed E-state index contributed by atoms with van der Waals surface area (Å²) in [6.07, 6.45) is 1.17. The zero-order valence-corrected chi connectivity index (χ0v) is 18.9. The molecule has 2 aliphatic rings. The van der Waals surface area contributed by atoms with E-state index in [-0.39, 0.29) is 11.5 Å². The van der Waals surface area contributed by atoms with Crippen LogP contribution in [0.5, 0.6) is 0 Å². The third-order valence-corrected chi connectivity index (χ3v) is 7.07. The molecular weight excluding hydrogens is 424 g/mol. The highest BCUT2D eigenvalue weighted by atomic mass is 16.2. The highest BCUT2D eigenvalue weighted by molar-refractivity contribution is 5.94. The number of para-hydroxylation sites is 1. The Morgan fingerprint density at radius 2 is 1.44 bits per heavy atom. The molecule has 170 valence electrons. The Kier molecular flexibility index (Phi) is 5.13. The van der Waals surface area contributed by atoms with E-state index in [2.05, 4.69) is 52.4 Å². The van der Waals surface area contributed by atoms with Crippen molar-refractivity contribution in [1.82, 2.24) is 14.9 Å². The molecule has 0 radical (unpaired) electrons. The molecule has 6 heteroatoms. The maximum absolute atomic E-state index is 13.1. The monoisotopic (exact) mass is 450 g/mol. The minimum absolute atomic E-state index is 0.0570. The summed E-state index contributed by atoms with van der Waals surface area (Å²) in [5.74, 6) is 1.76. The van der Waals surface area contributed by atoms with Crippen molar-refractivity contribution in [3.63, 3.8) is 0 Å². The molecule has 3 aromatic carbocycles. The van der Waals surface area contributed by atoms with E-state index in [0.29, 0.717) is 54.9 Å². The third-order valence-electron chi connectivity index (χ3n) is 7.07. The van der Waals surface area contributed by atoms with Crippen LogP contribution in [0.15, 0.2) is 83.7 Å². The molecule has 1 N–H and O–H groups in total. The second-order valence-corrected chi connectivity index (χ2v) is 9.17. The number of piperazine rings is 1. The molecular formula is C28H26N4O2. The van der Waals surface area contributed by atoms with Gasteiger partial charge in [0.2, 0.25) is 5.95 Å². The number of H-pyrrole nitrogens is 1. The zero-order chi connectivity index (χ0) is 23.1. The van der Waals surface area contributed by atoms with Gasteiger partial charge in [-0.25, -0.2) is 4.98 Å². The Hall–Kier alpha value is -3.93. The Balaban J connectivity index is 1.09. The fraction of sp³-hybridized carbons (Fsp3) is 0.250. The number of aromatic amines is 1. The van der Waals surface area contributed by atoms with Crippen molar-refractivity contribution in [3.8, 4) is 0 Å². The zero-order valence-electron chi connectivity index (χ0n) is 18.9. The van der Waals surface area contributed by atoms with E-state index in [0.717, 1.165) is 5.56 Å². The van der Waals surface area contributed by atoms with Gasteiger partial charge in [0.25, 0.3) is 11.5 Å². The topological polar surface area (TPSA) is 69.3 Å². The van der Waals surface area contributed by atoms with Gasteiger partial charge in [-0.3, -0.25) is 14.6 Å². The van der Waals surface area contributed by atoms with Crippen molar-refractivity contribution < 1.29 is 4.79 Å². The van der Waals surface area contributed by atoms with Crippen molar-refractivity contribution in [2.75, 3.05) is 31.1 Å². The van der Waals surface area contributed by atoms with E-state index < -0.39 is 0 Å². The molecule has 1 saturated carbocycles. The van der Waals surface area contributed by atoms with Gasteiger partial charge >= 0.3 is 0 Å². The van der Waals surface area contributed by atoms with E-state index in [1.165, 1.54) is 17.5 Å². The number of nitrogens with one attached hydrogen (secondary N) is 1. The van der Waals surface area contributed by atoms with Crippen LogP contribution >= 0.6 is 0 Å². The van der Waals surface area contributed by atoms with Gasteiger partial charge in [0, 0.05) is 31.7 Å². The Bertz CT molecular complexity index is 1390. The normalized spacial score (nSPS) is 19.9. The summed E-state index contributed by atoms with van der Waals surface area (Å²) in [6, 6.07) is 26.1. The second-order valence-electron chi connectivity index (χ2n) is 9.17. The van der Waals surface area contributed by atoms with Gasteiger partial charge in [0.15, 0.2) is 0 Å². The molecule has 1 amide bonds. The first-order valence-corrected chi connectivity index (χ1v) is 11.9. The van der Waals surface area contributed by atoms with Crippen LogP contribution in [0, 0.1) is 0 Å². The Morgan fingerprint density at radius 3 is 2.18 bits per heavy atom. The van der Waals surface area contributed by atoms with E-state index in [9.17, 15) is 9.59 Å². The number of anilines is 1. The summed E-state index contributed by atoms with van der Waals surface area (Å²) in [5, 5.41) is 0.588. The molecule has 1 aliphatic carbocycles. The summed E-state index contributed by atoms with van der Waals surface area (Å²) in [4.78, 5) is 36.9. The van der Waals surface area contributed by atoms with Gasteiger partial charge in [0.1, 0.15) is 0 Å². The SMILES string of the molecule is O=C(c1ccc([C@@H]2C[C@@H]2c2ccccc2)cc1)N1CCN(c2nc3ccccc3c(=O)[nH]2)CC1. The number of nitrogens with zero attached hydrogens (tertiary/aromatic N) is 3. The number of amides is 1. The van der Waals surface area contributed by atoms with E-state index in [4.69, 9.17) is 0 Å². The largest absolute Gasteiger partial charge is 0.339 e. The lowest BCUT2D eigenvalue weighted by Gasteiger charge is -2.35. The highest BCUT2D eigenvalue weighted by Crippen LogP contribution is 2.54. The van der Waals surface area contributed by atoms with Crippen LogP contribution in [0.4, 0.5) is 5.95 Å². The molecule has 4 aromatic rings. The van der Waals surface area contributed by atoms with E-state index >= 15 is 0 Å². The lowest BCUT2D eigenvalue weighted by Crippen LogP contribution is -2.49. The number of hydrogen-bond donors (Lipinski definition) is 1. The Morgan fingerprint density at radius 1 is 0.794 bits per heavy atom. The van der Waals surface area contributed by atoms with Crippen molar-refractivity contribution in [3.05, 3.63) is 106 Å². The van der Waals surface area contributed by atoms with Crippen LogP contribution < -0.4 is 10.5 Å². The molecule has 6 nitrogen and oxygen atoms in total. The molecule has 1 aromatic heterocycles. The van der Waals surface area contributed by atoms with Crippen LogP contribution in [-0.4, -0.2) is 47.0 Å². The van der Waals surface area contributed by atoms with Crippen LogP contribution in [0.1, 0.15) is 39.7 Å². The minimum Gasteiger partial charge on any atom is -0.339 e. The van der Waals surface area contributed by atoms with Crippen LogP contribution in [0.2, 0.25) is 0 Å². The predicted molar refractivity (Wildman–Crippen MR) is 133 cm³/mol. The Labute approximate surface area is 197 Å². The van der Waals surface area contributed by atoms with E-state index in [1.54, 1.807) is 6.07 Å². The number of aromatic nitrogens is 2. The van der Waals surface area contributed by atoms with Crippen LogP contribution in [0.3, 0.4) is 0 Å². The average Bonchev–Trinajstić information content (AvgIpc) is 3.70. The molecule has 0 unspecified atom stereocenters. The average molecular weight is 451 g/mol. The molecule has 1 aliphatic heterocycles. The first-order valence-electron chi connectivity index (χ1n) is 11.9. The van der Waals surface area contributed by atoms with Crippen molar-refractivity contribution in [2.45, 2.75) is 18.3 Å². The molecule has 2 fully saturated rings. The van der Waals surface area contributed by atoms with E-state index in [1.807, 2.05) is 40.1 Å². The first kappa shape index (κ1) is 20.7. The maximum Gasteiger partial charge on any atom is 0.260 e. The van der Waals surface area contributed by atoms with Gasteiger partial charge in [-0.2, -0.15) is 0 Å². The van der Waals surface area contributed by atoms with Crippen molar-refractivity contribution in [2.24, 2.45) is 0 Å². The summed E-state index contributed by atoms with van der Waals surface area (Å²) < 4.78 is 0. The molecule has 6 rings (SSSR count). The summed E-state index contributed by atoms with van der Waals surface area (Å²) in [5.41, 5.74) is 3.98. The van der Waals surface area contributed by atoms with Gasteiger partial charge in [-0.15, -0.1) is 0 Å². The first-order chi connectivity index (χ1) is 16.7. The quantitative estimate of drug-likeness (QED) is 0.507. The summed E-state index contributed by atoms with van der Waals surface area (Å²) in [6.45, 7) is 2.45. The molecule has 0 bridgehead atoms. The molecule has 1 saturated heterocycles. The van der Waals surface area contributed by atoms with Crippen LogP contribution in [0.25, 0.3) is 10.9 Å². The molecule has 0 spiro atoms. The number of hydrogen-bond acceptors (Lipinski definition) is 4. The molecule has 2 heterocycles. The molecule has 34 heavy (non-hydrogen) atoms. The predicted octanol–water partition coefficient (Wildman–Crippen LogP) is 4.16. The van der Waals surface area contributed by atoms with Gasteiger partial charge in [-0.1, -0.05) is 54.6 Å². The number of carbonyl (C=O) groups is 1. The minimum atomic E-state index is -0.135. The number of benzene rings is 3. The van der Waals surface area contributed by atoms with Gasteiger partial charge in [0.05, 0.1) is 10.9 Å². The second kappa shape index (κ2) is 8.45. The number of carbonyl (C=O) groups excluding carboxylic acids is 1. The smallest absolute Gasteiger partial charge is 0.260 e. The highest BCUT2D eigenvalue weighted by Gasteiger charge is 2.39. The number of rotatable bonds is 4. The summed E-state index contributed by atoms with van der Waals surface area (Å²) in [7, 11) is 0. The third kappa shape index (κ3) is 3.85. The van der Waals surface area contributed by atoms with Gasteiger partial charge < -0.3 is 9.80 Å². The van der Waals surface area contributed by atoms with Crippen LogP contribution in [-0.2, 0) is 0 Å². The fourth-order valence-electron chi connectivity index (χ4n) is 5.03. The lowest BCUT2D eigenvalue weighted by molar-refractivity contribution is 0.0746. The van der Waals surface area contributed by atoms with Crippen molar-refractivity contribution >= 4 is 22.8 Å². The van der Waals surface area contributed by atoms with Gasteiger partial charge in [-0.05, 0) is 53.6 Å². The molecule has 2 atom stereocenters. The summed E-state index contributed by atoms with van der Waals surface area (Å²) >= 11 is 0.